The number of rotatable bonds is 2. The summed E-state index contributed by atoms with van der Waals surface area (Å²) in [5.74, 6) is 0. The molecular formula is C8H9BrClN3O2. The van der Waals surface area contributed by atoms with E-state index in [0.29, 0.717) is 15.8 Å². The molecule has 1 aromatic rings. The van der Waals surface area contributed by atoms with Crippen LogP contribution in [0.2, 0.25) is 5.02 Å². The van der Waals surface area contributed by atoms with Crippen LogP contribution < -0.4 is 10.6 Å². The van der Waals surface area contributed by atoms with Crippen molar-refractivity contribution < 1.29 is 4.92 Å². The van der Waals surface area contributed by atoms with Crippen molar-refractivity contribution in [2.24, 2.45) is 0 Å². The zero-order valence-electron chi connectivity index (χ0n) is 8.12. The van der Waals surface area contributed by atoms with Crippen LogP contribution in [-0.2, 0) is 0 Å². The van der Waals surface area contributed by atoms with E-state index in [9.17, 15) is 10.1 Å². The summed E-state index contributed by atoms with van der Waals surface area (Å²) >= 11 is 8.96. The van der Waals surface area contributed by atoms with Crippen molar-refractivity contribution in [3.8, 4) is 0 Å². The average molecular weight is 295 g/mol. The van der Waals surface area contributed by atoms with Crippen LogP contribution >= 0.6 is 27.5 Å². The number of halogens is 2. The van der Waals surface area contributed by atoms with Crippen molar-refractivity contribution >= 4 is 44.6 Å². The van der Waals surface area contributed by atoms with Crippen molar-refractivity contribution in [1.29, 1.82) is 0 Å². The number of nitro benzene ring substituents is 1. The van der Waals surface area contributed by atoms with Crippen molar-refractivity contribution in [3.05, 3.63) is 25.7 Å². The van der Waals surface area contributed by atoms with Crippen LogP contribution in [0.5, 0.6) is 0 Å². The molecule has 0 radical (unpaired) electrons. The molecular weight excluding hydrogens is 285 g/mol. The summed E-state index contributed by atoms with van der Waals surface area (Å²) in [6, 6.07) is 1.25. The molecule has 15 heavy (non-hydrogen) atoms. The quantitative estimate of drug-likeness (QED) is 0.517. The Hall–Kier alpha value is -1.01. The first-order chi connectivity index (χ1) is 6.86. The smallest absolute Gasteiger partial charge is 0.295 e. The second-order valence-electron chi connectivity index (χ2n) is 3.11. The van der Waals surface area contributed by atoms with Gasteiger partial charge in [-0.1, -0.05) is 11.6 Å². The van der Waals surface area contributed by atoms with Gasteiger partial charge >= 0.3 is 0 Å². The van der Waals surface area contributed by atoms with Crippen LogP contribution in [0.15, 0.2) is 10.5 Å². The molecule has 0 aromatic heterocycles. The summed E-state index contributed by atoms with van der Waals surface area (Å²) in [6.07, 6.45) is 0. The Morgan fingerprint density at radius 3 is 2.53 bits per heavy atom. The van der Waals surface area contributed by atoms with Gasteiger partial charge in [-0.15, -0.1) is 0 Å². The Balaban J connectivity index is 3.58. The van der Waals surface area contributed by atoms with E-state index in [1.807, 2.05) is 0 Å². The molecule has 0 spiro atoms. The molecule has 2 N–H and O–H groups in total. The molecule has 0 fully saturated rings. The molecule has 0 aliphatic carbocycles. The van der Waals surface area contributed by atoms with Crippen LogP contribution in [0.25, 0.3) is 0 Å². The lowest BCUT2D eigenvalue weighted by Gasteiger charge is -2.16. The lowest BCUT2D eigenvalue weighted by Crippen LogP contribution is -2.12. The number of nitrogens with zero attached hydrogens (tertiary/aromatic N) is 2. The molecule has 82 valence electrons. The first-order valence-corrected chi connectivity index (χ1v) is 5.12. The standard InChI is InChI=1S/C8H9BrClN3O2/c1-12(2)8-5(13(14)15)3-4(10)7(11)6(8)9/h3H,11H2,1-2H3. The minimum absolute atomic E-state index is 0.0777. The van der Waals surface area contributed by atoms with Gasteiger partial charge in [-0.05, 0) is 15.9 Å². The average Bonchev–Trinajstić information content (AvgIpc) is 2.12. The van der Waals surface area contributed by atoms with Gasteiger partial charge in [0.15, 0.2) is 0 Å². The third kappa shape index (κ3) is 2.15. The topological polar surface area (TPSA) is 72.4 Å². The van der Waals surface area contributed by atoms with Gasteiger partial charge in [0.25, 0.3) is 5.69 Å². The number of nitro groups is 1. The van der Waals surface area contributed by atoms with E-state index in [1.54, 1.807) is 19.0 Å². The molecule has 0 aliphatic heterocycles. The van der Waals surface area contributed by atoms with Crippen LogP contribution in [0.3, 0.4) is 0 Å². The molecule has 0 amide bonds. The van der Waals surface area contributed by atoms with Gasteiger partial charge in [-0.3, -0.25) is 10.1 Å². The molecule has 0 heterocycles. The number of hydrogen-bond donors (Lipinski definition) is 1. The van der Waals surface area contributed by atoms with Gasteiger partial charge < -0.3 is 10.6 Å². The van der Waals surface area contributed by atoms with Gasteiger partial charge in [0, 0.05) is 20.2 Å². The molecule has 1 rings (SSSR count). The van der Waals surface area contributed by atoms with Crippen LogP contribution in [0.4, 0.5) is 17.1 Å². The number of nitrogens with two attached hydrogens (primary N) is 1. The van der Waals surface area contributed by atoms with E-state index in [0.717, 1.165) is 0 Å². The number of hydrogen-bond acceptors (Lipinski definition) is 4. The van der Waals surface area contributed by atoms with Gasteiger partial charge in [0.05, 0.1) is 20.1 Å². The summed E-state index contributed by atoms with van der Waals surface area (Å²) in [5.41, 5.74) is 6.29. The predicted octanol–water partition coefficient (Wildman–Crippen LogP) is 2.66. The van der Waals surface area contributed by atoms with Crippen LogP contribution in [0, 0.1) is 10.1 Å². The number of anilines is 2. The molecule has 7 heteroatoms. The zero-order chi connectivity index (χ0) is 11.7. The fourth-order valence-electron chi connectivity index (χ4n) is 1.18. The van der Waals surface area contributed by atoms with E-state index >= 15 is 0 Å². The number of nitrogen functional groups attached to an aromatic ring is 1. The van der Waals surface area contributed by atoms with Crippen LogP contribution in [0.1, 0.15) is 0 Å². The fourth-order valence-corrected chi connectivity index (χ4v) is 2.26. The highest BCUT2D eigenvalue weighted by molar-refractivity contribution is 9.10. The summed E-state index contributed by atoms with van der Waals surface area (Å²) < 4.78 is 0.437. The molecule has 1 aromatic carbocycles. The minimum Gasteiger partial charge on any atom is -0.397 e. The Kier molecular flexibility index (Phi) is 3.41. The van der Waals surface area contributed by atoms with Crippen LogP contribution in [-0.4, -0.2) is 19.0 Å². The van der Waals surface area contributed by atoms with Crippen molar-refractivity contribution in [2.75, 3.05) is 24.7 Å². The maximum atomic E-state index is 10.8. The minimum atomic E-state index is -0.495. The van der Waals surface area contributed by atoms with E-state index in [4.69, 9.17) is 17.3 Å². The Labute approximate surface area is 100 Å². The Bertz CT molecular complexity index is 423. The fraction of sp³-hybridized carbons (Fsp3) is 0.250. The summed E-state index contributed by atoms with van der Waals surface area (Å²) in [4.78, 5) is 11.9. The van der Waals surface area contributed by atoms with E-state index in [2.05, 4.69) is 15.9 Å². The molecule has 0 bridgehead atoms. The number of benzene rings is 1. The maximum absolute atomic E-state index is 10.8. The molecule has 0 aliphatic rings. The van der Waals surface area contributed by atoms with E-state index < -0.39 is 4.92 Å². The molecule has 0 saturated heterocycles. The monoisotopic (exact) mass is 293 g/mol. The Morgan fingerprint density at radius 1 is 1.60 bits per heavy atom. The second kappa shape index (κ2) is 4.24. The second-order valence-corrected chi connectivity index (χ2v) is 4.31. The largest absolute Gasteiger partial charge is 0.397 e. The molecule has 0 saturated carbocycles. The first-order valence-electron chi connectivity index (χ1n) is 3.95. The van der Waals surface area contributed by atoms with E-state index in [1.165, 1.54) is 6.07 Å². The van der Waals surface area contributed by atoms with Crippen molar-refractivity contribution in [2.45, 2.75) is 0 Å². The molecule has 0 atom stereocenters. The third-order valence-corrected chi connectivity index (χ3v) is 2.97. The van der Waals surface area contributed by atoms with Crippen molar-refractivity contribution in [1.82, 2.24) is 0 Å². The van der Waals surface area contributed by atoms with E-state index in [-0.39, 0.29) is 10.7 Å². The lowest BCUT2D eigenvalue weighted by molar-refractivity contribution is -0.384. The molecule has 5 nitrogen and oxygen atoms in total. The van der Waals surface area contributed by atoms with Gasteiger partial charge in [-0.2, -0.15) is 0 Å². The summed E-state index contributed by atoms with van der Waals surface area (Å²) in [7, 11) is 3.39. The SMILES string of the molecule is CN(C)c1c([N+](=O)[O-])cc(Cl)c(N)c1Br. The highest BCUT2D eigenvalue weighted by atomic mass is 79.9. The van der Waals surface area contributed by atoms with Gasteiger partial charge in [0.1, 0.15) is 5.69 Å². The summed E-state index contributed by atoms with van der Waals surface area (Å²) in [5, 5.41) is 11.0. The zero-order valence-corrected chi connectivity index (χ0v) is 10.5. The third-order valence-electron chi connectivity index (χ3n) is 1.85. The van der Waals surface area contributed by atoms with Crippen molar-refractivity contribution in [3.63, 3.8) is 0 Å². The maximum Gasteiger partial charge on any atom is 0.295 e. The Morgan fingerprint density at radius 2 is 2.13 bits per heavy atom. The van der Waals surface area contributed by atoms with Gasteiger partial charge in [0.2, 0.25) is 0 Å². The first kappa shape index (κ1) is 12.1. The predicted molar refractivity (Wildman–Crippen MR) is 64.5 cm³/mol. The highest BCUT2D eigenvalue weighted by Crippen LogP contribution is 2.42. The van der Waals surface area contributed by atoms with Gasteiger partial charge in [-0.25, -0.2) is 0 Å². The normalized spacial score (nSPS) is 10.1. The lowest BCUT2D eigenvalue weighted by atomic mass is 10.2. The summed E-state index contributed by atoms with van der Waals surface area (Å²) in [6.45, 7) is 0. The molecule has 0 unspecified atom stereocenters. The highest BCUT2D eigenvalue weighted by Gasteiger charge is 2.22.